The first-order valence-electron chi connectivity index (χ1n) is 4.96. The molecule has 72 valence electrons. The first kappa shape index (κ1) is 9.23. The van der Waals surface area contributed by atoms with Gasteiger partial charge in [0.15, 0.2) is 0 Å². The summed E-state index contributed by atoms with van der Waals surface area (Å²) < 4.78 is 0. The first-order chi connectivity index (χ1) is 6.72. The molecule has 0 aliphatic heterocycles. The molecule has 0 atom stereocenters. The smallest absolute Gasteiger partial charge is 0.104 e. The van der Waals surface area contributed by atoms with Gasteiger partial charge in [-0.2, -0.15) is 5.26 Å². The molecule has 0 bridgehead atoms. The molecule has 2 nitrogen and oxygen atoms in total. The SMILES string of the molecule is N#CC1(N)CC(Cc2ccccc2)C1. The van der Waals surface area contributed by atoms with Crippen molar-refractivity contribution in [2.24, 2.45) is 11.7 Å². The summed E-state index contributed by atoms with van der Waals surface area (Å²) in [6.45, 7) is 0. The van der Waals surface area contributed by atoms with Crippen LogP contribution in [-0.2, 0) is 6.42 Å². The maximum atomic E-state index is 8.75. The normalized spacial score (nSPS) is 30.4. The predicted molar refractivity (Wildman–Crippen MR) is 55.4 cm³/mol. The van der Waals surface area contributed by atoms with E-state index in [1.54, 1.807) is 0 Å². The molecule has 2 rings (SSSR count). The number of hydrogen-bond donors (Lipinski definition) is 1. The fourth-order valence-electron chi connectivity index (χ4n) is 2.15. The van der Waals surface area contributed by atoms with Crippen molar-refractivity contribution in [1.82, 2.24) is 0 Å². The monoisotopic (exact) mass is 186 g/mol. The van der Waals surface area contributed by atoms with Crippen molar-refractivity contribution in [3.63, 3.8) is 0 Å². The summed E-state index contributed by atoms with van der Waals surface area (Å²) in [5.41, 5.74) is 6.60. The van der Waals surface area contributed by atoms with Crippen LogP contribution in [0.1, 0.15) is 18.4 Å². The Hall–Kier alpha value is -1.33. The quantitative estimate of drug-likeness (QED) is 0.766. The first-order valence-corrected chi connectivity index (χ1v) is 4.96. The van der Waals surface area contributed by atoms with Crippen LogP contribution in [0.15, 0.2) is 30.3 Å². The molecule has 0 spiro atoms. The molecule has 0 radical (unpaired) electrons. The van der Waals surface area contributed by atoms with E-state index in [4.69, 9.17) is 11.0 Å². The van der Waals surface area contributed by atoms with Crippen molar-refractivity contribution in [1.29, 1.82) is 5.26 Å². The standard InChI is InChI=1S/C12H14N2/c13-9-12(14)7-11(8-12)6-10-4-2-1-3-5-10/h1-5,11H,6-8,14H2. The van der Waals surface area contributed by atoms with E-state index in [9.17, 15) is 0 Å². The summed E-state index contributed by atoms with van der Waals surface area (Å²) in [5, 5.41) is 8.75. The number of nitriles is 1. The van der Waals surface area contributed by atoms with E-state index in [1.807, 2.05) is 18.2 Å². The van der Waals surface area contributed by atoms with Crippen LogP contribution in [0.2, 0.25) is 0 Å². The van der Waals surface area contributed by atoms with Crippen molar-refractivity contribution >= 4 is 0 Å². The second kappa shape index (κ2) is 3.43. The third-order valence-electron chi connectivity index (χ3n) is 2.90. The van der Waals surface area contributed by atoms with Crippen molar-refractivity contribution in [3.05, 3.63) is 35.9 Å². The number of nitrogens with two attached hydrogens (primary N) is 1. The van der Waals surface area contributed by atoms with E-state index in [0.717, 1.165) is 19.3 Å². The predicted octanol–water partition coefficient (Wildman–Crippen LogP) is 1.86. The minimum Gasteiger partial charge on any atom is -0.313 e. The molecule has 0 unspecified atom stereocenters. The molecular formula is C12H14N2. The topological polar surface area (TPSA) is 49.8 Å². The van der Waals surface area contributed by atoms with Crippen molar-refractivity contribution in [2.75, 3.05) is 0 Å². The Balaban J connectivity index is 1.89. The van der Waals surface area contributed by atoms with Crippen LogP contribution in [0.4, 0.5) is 0 Å². The molecular weight excluding hydrogens is 172 g/mol. The fourth-order valence-corrected chi connectivity index (χ4v) is 2.15. The van der Waals surface area contributed by atoms with Gasteiger partial charge in [0.1, 0.15) is 5.54 Å². The van der Waals surface area contributed by atoms with Gasteiger partial charge in [-0.1, -0.05) is 30.3 Å². The van der Waals surface area contributed by atoms with Gasteiger partial charge in [0.25, 0.3) is 0 Å². The number of hydrogen-bond acceptors (Lipinski definition) is 2. The van der Waals surface area contributed by atoms with Crippen molar-refractivity contribution < 1.29 is 0 Å². The maximum Gasteiger partial charge on any atom is 0.104 e. The van der Waals surface area contributed by atoms with Crippen LogP contribution in [-0.4, -0.2) is 5.54 Å². The van der Waals surface area contributed by atoms with E-state index in [2.05, 4.69) is 18.2 Å². The molecule has 0 aromatic heterocycles. The molecule has 0 saturated heterocycles. The lowest BCUT2D eigenvalue weighted by Crippen LogP contribution is -2.51. The van der Waals surface area contributed by atoms with E-state index < -0.39 is 5.54 Å². The van der Waals surface area contributed by atoms with E-state index in [-0.39, 0.29) is 0 Å². The molecule has 1 aromatic carbocycles. The van der Waals surface area contributed by atoms with Crippen LogP contribution in [0.5, 0.6) is 0 Å². The van der Waals surface area contributed by atoms with Gasteiger partial charge in [-0.3, -0.25) is 0 Å². The third kappa shape index (κ3) is 1.78. The van der Waals surface area contributed by atoms with Gasteiger partial charge >= 0.3 is 0 Å². The maximum absolute atomic E-state index is 8.75. The highest BCUT2D eigenvalue weighted by molar-refractivity contribution is 5.20. The Morgan fingerprint density at radius 1 is 1.36 bits per heavy atom. The zero-order chi connectivity index (χ0) is 10.0. The summed E-state index contributed by atoms with van der Waals surface area (Å²) >= 11 is 0. The lowest BCUT2D eigenvalue weighted by Gasteiger charge is -2.39. The molecule has 1 saturated carbocycles. The average Bonchev–Trinajstić information content (AvgIpc) is 2.17. The van der Waals surface area contributed by atoms with Gasteiger partial charge in [-0.15, -0.1) is 0 Å². The molecule has 1 aliphatic rings. The number of nitrogens with zero attached hydrogens (tertiary/aromatic N) is 1. The largest absolute Gasteiger partial charge is 0.313 e. The van der Waals surface area contributed by atoms with Crippen molar-refractivity contribution in [2.45, 2.75) is 24.8 Å². The Kier molecular flexibility index (Phi) is 2.26. The summed E-state index contributed by atoms with van der Waals surface area (Å²) in [7, 11) is 0. The van der Waals surface area contributed by atoms with Gasteiger partial charge in [0, 0.05) is 0 Å². The van der Waals surface area contributed by atoms with Gasteiger partial charge in [-0.05, 0) is 30.7 Å². The van der Waals surface area contributed by atoms with Crippen LogP contribution in [0.3, 0.4) is 0 Å². The lowest BCUT2D eigenvalue weighted by atomic mass is 9.68. The zero-order valence-electron chi connectivity index (χ0n) is 8.11. The molecule has 0 heterocycles. The molecule has 14 heavy (non-hydrogen) atoms. The fraction of sp³-hybridized carbons (Fsp3) is 0.417. The van der Waals surface area contributed by atoms with Gasteiger partial charge < -0.3 is 5.73 Å². The highest BCUT2D eigenvalue weighted by Crippen LogP contribution is 2.37. The third-order valence-corrected chi connectivity index (χ3v) is 2.90. The van der Waals surface area contributed by atoms with Gasteiger partial charge in [0.05, 0.1) is 6.07 Å². The van der Waals surface area contributed by atoms with Crippen LogP contribution >= 0.6 is 0 Å². The highest BCUT2D eigenvalue weighted by atomic mass is 14.8. The van der Waals surface area contributed by atoms with Gasteiger partial charge in [-0.25, -0.2) is 0 Å². The van der Waals surface area contributed by atoms with E-state index in [0.29, 0.717) is 5.92 Å². The van der Waals surface area contributed by atoms with Gasteiger partial charge in [0.2, 0.25) is 0 Å². The molecule has 1 aliphatic carbocycles. The summed E-state index contributed by atoms with van der Waals surface area (Å²) in [6, 6.07) is 12.5. The summed E-state index contributed by atoms with van der Waals surface area (Å²) in [4.78, 5) is 0. The Bertz CT molecular complexity index is 344. The number of benzene rings is 1. The Morgan fingerprint density at radius 3 is 2.57 bits per heavy atom. The lowest BCUT2D eigenvalue weighted by molar-refractivity contribution is 0.202. The van der Waals surface area contributed by atoms with E-state index in [1.165, 1.54) is 5.56 Å². The molecule has 1 aromatic rings. The van der Waals surface area contributed by atoms with Crippen LogP contribution in [0.25, 0.3) is 0 Å². The molecule has 0 amide bonds. The zero-order valence-corrected chi connectivity index (χ0v) is 8.11. The second-order valence-electron chi connectivity index (χ2n) is 4.23. The minimum atomic E-state index is -0.528. The summed E-state index contributed by atoms with van der Waals surface area (Å²) in [6.07, 6.45) is 2.75. The second-order valence-corrected chi connectivity index (χ2v) is 4.23. The molecule has 2 heteroatoms. The molecule has 1 fully saturated rings. The highest BCUT2D eigenvalue weighted by Gasteiger charge is 2.40. The molecule has 2 N–H and O–H groups in total. The minimum absolute atomic E-state index is 0.528. The average molecular weight is 186 g/mol. The van der Waals surface area contributed by atoms with Crippen molar-refractivity contribution in [3.8, 4) is 6.07 Å². The Labute approximate surface area is 84.3 Å². The Morgan fingerprint density at radius 2 is 2.00 bits per heavy atom. The van der Waals surface area contributed by atoms with Crippen LogP contribution in [0, 0.1) is 17.2 Å². The van der Waals surface area contributed by atoms with Crippen LogP contribution < -0.4 is 5.73 Å². The summed E-state index contributed by atoms with van der Waals surface area (Å²) in [5.74, 6) is 0.599. The number of rotatable bonds is 2. The van der Waals surface area contributed by atoms with E-state index >= 15 is 0 Å².